The van der Waals surface area contributed by atoms with E-state index in [2.05, 4.69) is 47.6 Å². The second-order valence-electron chi connectivity index (χ2n) is 8.61. The summed E-state index contributed by atoms with van der Waals surface area (Å²) >= 11 is 0. The summed E-state index contributed by atoms with van der Waals surface area (Å²) in [4.78, 5) is 11.8. The fourth-order valence-corrected chi connectivity index (χ4v) is 4.19. The Balaban J connectivity index is 2.08. The minimum Gasteiger partial charge on any atom is -0.487 e. The van der Waals surface area contributed by atoms with Crippen molar-refractivity contribution in [2.75, 3.05) is 0 Å². The van der Waals surface area contributed by atoms with Crippen molar-refractivity contribution in [3.05, 3.63) is 28.3 Å². The maximum absolute atomic E-state index is 11.8. The van der Waals surface area contributed by atoms with Crippen LogP contribution >= 0.6 is 0 Å². The van der Waals surface area contributed by atoms with Gasteiger partial charge in [-0.05, 0) is 37.8 Å². The van der Waals surface area contributed by atoms with Gasteiger partial charge in [0, 0.05) is 29.9 Å². The molecule has 2 aliphatic heterocycles. The molecule has 2 heterocycles. The van der Waals surface area contributed by atoms with E-state index < -0.39 is 6.10 Å². The summed E-state index contributed by atoms with van der Waals surface area (Å²) in [7, 11) is 0. The smallest absolute Gasteiger partial charge is 0.308 e. The summed E-state index contributed by atoms with van der Waals surface area (Å²) in [5.74, 6) is 0.988. The highest BCUT2D eigenvalue weighted by atomic mass is 16.5. The number of carbonyl (C=O) groups is 1. The van der Waals surface area contributed by atoms with E-state index in [1.165, 1.54) is 16.7 Å². The second-order valence-corrected chi connectivity index (χ2v) is 8.61. The van der Waals surface area contributed by atoms with Gasteiger partial charge in [-0.25, -0.2) is 0 Å². The fraction of sp³-hybridized carbons (Fsp3) is 0.667. The Morgan fingerprint density at radius 3 is 2.56 bits per heavy atom. The van der Waals surface area contributed by atoms with Crippen molar-refractivity contribution in [3.8, 4) is 5.75 Å². The third-order valence-electron chi connectivity index (χ3n) is 5.48. The zero-order valence-electron chi connectivity index (χ0n) is 16.2. The Labute approximate surface area is 150 Å². The van der Waals surface area contributed by atoms with Crippen molar-refractivity contribution in [2.24, 2.45) is 0 Å². The van der Waals surface area contributed by atoms with Gasteiger partial charge in [0.1, 0.15) is 17.5 Å². The van der Waals surface area contributed by atoms with Crippen LogP contribution in [-0.2, 0) is 16.0 Å². The monoisotopic (exact) mass is 346 g/mol. The van der Waals surface area contributed by atoms with Crippen molar-refractivity contribution >= 4 is 5.97 Å². The summed E-state index contributed by atoms with van der Waals surface area (Å²) in [5, 5.41) is 10.0. The number of hydrogen-bond acceptors (Lipinski definition) is 4. The molecule has 1 saturated heterocycles. The largest absolute Gasteiger partial charge is 0.487 e. The molecule has 3 rings (SSSR count). The number of aliphatic hydroxyl groups excluding tert-OH is 1. The van der Waals surface area contributed by atoms with Crippen molar-refractivity contribution in [2.45, 2.75) is 90.4 Å². The predicted octanol–water partition coefficient (Wildman–Crippen LogP) is 4.00. The first-order valence-electron chi connectivity index (χ1n) is 9.32. The molecular formula is C21H30O4. The van der Waals surface area contributed by atoms with E-state index in [-0.39, 0.29) is 30.0 Å². The average molecular weight is 346 g/mol. The van der Waals surface area contributed by atoms with Crippen molar-refractivity contribution in [1.29, 1.82) is 0 Å². The molecule has 0 saturated carbocycles. The lowest BCUT2D eigenvalue weighted by Gasteiger charge is -2.33. The van der Waals surface area contributed by atoms with E-state index in [4.69, 9.17) is 9.47 Å². The van der Waals surface area contributed by atoms with E-state index in [9.17, 15) is 9.90 Å². The quantitative estimate of drug-likeness (QED) is 0.841. The number of aryl methyl sites for hydroxylation is 1. The zero-order chi connectivity index (χ0) is 18.5. The van der Waals surface area contributed by atoms with Gasteiger partial charge in [0.15, 0.2) is 0 Å². The number of benzene rings is 1. The number of esters is 1. The molecule has 0 radical (unpaired) electrons. The Hall–Kier alpha value is -1.55. The third-order valence-corrected chi connectivity index (χ3v) is 5.48. The van der Waals surface area contributed by atoms with Crippen LogP contribution in [0.15, 0.2) is 6.07 Å². The van der Waals surface area contributed by atoms with Crippen LogP contribution in [-0.4, -0.2) is 28.9 Å². The van der Waals surface area contributed by atoms with Crippen LogP contribution in [0.3, 0.4) is 0 Å². The number of rotatable bonds is 3. The topological polar surface area (TPSA) is 55.8 Å². The van der Waals surface area contributed by atoms with Gasteiger partial charge in [-0.1, -0.05) is 26.8 Å². The second kappa shape index (κ2) is 6.31. The van der Waals surface area contributed by atoms with Gasteiger partial charge in [0.25, 0.3) is 0 Å². The number of aliphatic hydroxyl groups is 1. The highest BCUT2D eigenvalue weighted by Gasteiger charge is 2.39. The highest BCUT2D eigenvalue weighted by Crippen LogP contribution is 2.47. The molecule has 0 amide bonds. The molecule has 0 bridgehead atoms. The molecule has 1 aromatic rings. The number of ether oxygens (including phenoxy) is 2. The van der Waals surface area contributed by atoms with Crippen molar-refractivity contribution in [3.63, 3.8) is 0 Å². The maximum Gasteiger partial charge on any atom is 0.308 e. The molecule has 25 heavy (non-hydrogen) atoms. The standard InChI is InChI=1S/C21H30O4/c1-11(2)15-7-12(3)16-10-21(5,6)25-20(16)19(15)13(4)17-8-14(22)9-18(23)24-17/h7,11,13-14,17,22H,8-10H2,1-6H3/t13?,14-,17+/m1/s1. The summed E-state index contributed by atoms with van der Waals surface area (Å²) in [6.07, 6.45) is 0.533. The Morgan fingerprint density at radius 2 is 1.96 bits per heavy atom. The molecule has 1 unspecified atom stereocenters. The molecular weight excluding hydrogens is 316 g/mol. The molecule has 3 atom stereocenters. The Morgan fingerprint density at radius 1 is 1.28 bits per heavy atom. The normalized spacial score (nSPS) is 26.2. The maximum atomic E-state index is 11.8. The van der Waals surface area contributed by atoms with Crippen LogP contribution in [0.5, 0.6) is 5.75 Å². The van der Waals surface area contributed by atoms with Crippen LogP contribution in [0, 0.1) is 6.92 Å². The van der Waals surface area contributed by atoms with E-state index >= 15 is 0 Å². The van der Waals surface area contributed by atoms with Gasteiger partial charge in [-0.2, -0.15) is 0 Å². The molecule has 2 aliphatic rings. The first-order valence-corrected chi connectivity index (χ1v) is 9.32. The minimum absolute atomic E-state index is 0.0143. The van der Waals surface area contributed by atoms with Crippen molar-refractivity contribution in [1.82, 2.24) is 0 Å². The van der Waals surface area contributed by atoms with Crippen LogP contribution < -0.4 is 4.74 Å². The lowest BCUT2D eigenvalue weighted by Crippen LogP contribution is -2.36. The summed E-state index contributed by atoms with van der Waals surface area (Å²) in [5.41, 5.74) is 4.70. The summed E-state index contributed by atoms with van der Waals surface area (Å²) in [6, 6.07) is 2.27. The molecule has 4 nitrogen and oxygen atoms in total. The number of hydrogen-bond donors (Lipinski definition) is 1. The lowest BCUT2D eigenvalue weighted by molar-refractivity contribution is -0.161. The fourth-order valence-electron chi connectivity index (χ4n) is 4.19. The number of carbonyl (C=O) groups excluding carboxylic acids is 1. The van der Waals surface area contributed by atoms with Gasteiger partial charge in [0.05, 0.1) is 12.5 Å². The van der Waals surface area contributed by atoms with Crippen LogP contribution in [0.25, 0.3) is 0 Å². The van der Waals surface area contributed by atoms with Gasteiger partial charge in [-0.15, -0.1) is 0 Å². The number of fused-ring (bicyclic) bond motifs is 1. The average Bonchev–Trinajstić information content (AvgIpc) is 2.81. The molecule has 4 heteroatoms. The molecule has 0 aliphatic carbocycles. The van der Waals surface area contributed by atoms with E-state index in [0.717, 1.165) is 17.7 Å². The molecule has 0 aromatic heterocycles. The summed E-state index contributed by atoms with van der Waals surface area (Å²) < 4.78 is 12.0. The van der Waals surface area contributed by atoms with Crippen LogP contribution in [0.1, 0.15) is 81.5 Å². The first kappa shape index (κ1) is 18.2. The van der Waals surface area contributed by atoms with Crippen molar-refractivity contribution < 1.29 is 19.4 Å². The van der Waals surface area contributed by atoms with Gasteiger partial charge < -0.3 is 14.6 Å². The van der Waals surface area contributed by atoms with E-state index in [0.29, 0.717) is 12.3 Å². The molecule has 1 aromatic carbocycles. The third kappa shape index (κ3) is 3.41. The van der Waals surface area contributed by atoms with E-state index in [1.807, 2.05) is 0 Å². The van der Waals surface area contributed by atoms with E-state index in [1.54, 1.807) is 0 Å². The van der Waals surface area contributed by atoms with Gasteiger partial charge in [-0.3, -0.25) is 4.79 Å². The van der Waals surface area contributed by atoms with Crippen LogP contribution in [0.2, 0.25) is 0 Å². The first-order chi connectivity index (χ1) is 11.6. The minimum atomic E-state index is -0.618. The number of cyclic esters (lactones) is 1. The lowest BCUT2D eigenvalue weighted by atomic mass is 9.81. The molecule has 1 fully saturated rings. The Bertz CT molecular complexity index is 690. The molecule has 0 spiro atoms. The summed E-state index contributed by atoms with van der Waals surface area (Å²) in [6.45, 7) is 12.8. The van der Waals surface area contributed by atoms with Crippen LogP contribution in [0.4, 0.5) is 0 Å². The SMILES string of the molecule is Cc1cc(C(C)C)c(C(C)[C@@H]2C[C@@H](O)CC(=O)O2)c2c1CC(C)(C)O2. The molecule has 138 valence electrons. The zero-order valence-corrected chi connectivity index (χ0v) is 16.2. The molecule has 1 N–H and O–H groups in total. The predicted molar refractivity (Wildman–Crippen MR) is 97.2 cm³/mol. The Kier molecular flexibility index (Phi) is 4.61. The van der Waals surface area contributed by atoms with Gasteiger partial charge >= 0.3 is 5.97 Å². The van der Waals surface area contributed by atoms with Gasteiger partial charge in [0.2, 0.25) is 0 Å². The highest BCUT2D eigenvalue weighted by molar-refractivity contribution is 5.71.